The van der Waals surface area contributed by atoms with Gasteiger partial charge in [0.05, 0.1) is 29.1 Å². The van der Waals surface area contributed by atoms with Gasteiger partial charge in [-0.3, -0.25) is 9.59 Å². The summed E-state index contributed by atoms with van der Waals surface area (Å²) in [5.41, 5.74) is 1.94. The fourth-order valence-electron chi connectivity index (χ4n) is 3.32. The van der Waals surface area contributed by atoms with Crippen LogP contribution in [0.15, 0.2) is 47.3 Å². The average molecular weight is 390 g/mol. The van der Waals surface area contributed by atoms with Crippen molar-refractivity contribution in [1.29, 1.82) is 5.26 Å². The minimum absolute atomic E-state index is 0.0590. The van der Waals surface area contributed by atoms with Gasteiger partial charge in [-0.25, -0.2) is 4.98 Å². The third-order valence-electron chi connectivity index (χ3n) is 4.89. The number of carbonyl (C=O) groups excluding carboxylic acids is 1. The number of hydrogen-bond donors (Lipinski definition) is 2. The summed E-state index contributed by atoms with van der Waals surface area (Å²) in [4.78, 5) is 33.7. The van der Waals surface area contributed by atoms with Crippen molar-refractivity contribution in [1.82, 2.24) is 9.97 Å². The van der Waals surface area contributed by atoms with Gasteiger partial charge in [-0.15, -0.1) is 0 Å². The molecule has 1 saturated heterocycles. The lowest BCUT2D eigenvalue weighted by atomic mass is 10.1. The maximum absolute atomic E-state index is 12.9. The molecule has 2 unspecified atom stereocenters. The summed E-state index contributed by atoms with van der Waals surface area (Å²) in [5, 5.41) is 20.0. The topological polar surface area (TPSA) is 119 Å². The summed E-state index contributed by atoms with van der Waals surface area (Å²) < 4.78 is 5.52. The van der Waals surface area contributed by atoms with Gasteiger partial charge in [0.1, 0.15) is 11.9 Å². The number of H-pyrrole nitrogens is 1. The molecule has 2 heterocycles. The first-order valence-corrected chi connectivity index (χ1v) is 9.10. The molecule has 29 heavy (non-hydrogen) atoms. The molecule has 146 valence electrons. The first kappa shape index (κ1) is 18.8. The lowest BCUT2D eigenvalue weighted by Gasteiger charge is -2.34. The second kappa shape index (κ2) is 7.47. The van der Waals surface area contributed by atoms with Gasteiger partial charge >= 0.3 is 0 Å². The second-order valence-electron chi connectivity index (χ2n) is 6.86. The zero-order valence-electron chi connectivity index (χ0n) is 15.6. The van der Waals surface area contributed by atoms with E-state index in [9.17, 15) is 14.7 Å². The zero-order chi connectivity index (χ0) is 20.5. The Labute approximate surface area is 166 Å². The Morgan fingerprint density at radius 1 is 1.28 bits per heavy atom. The Hall–Kier alpha value is -3.54. The molecule has 1 aliphatic heterocycles. The quantitative estimate of drug-likeness (QED) is 0.701. The monoisotopic (exact) mass is 390 g/mol. The zero-order valence-corrected chi connectivity index (χ0v) is 15.6. The van der Waals surface area contributed by atoms with Crippen molar-refractivity contribution < 1.29 is 14.6 Å². The Bertz CT molecular complexity index is 1180. The third-order valence-corrected chi connectivity index (χ3v) is 4.89. The summed E-state index contributed by atoms with van der Waals surface area (Å²) in [7, 11) is 0. The van der Waals surface area contributed by atoms with Crippen LogP contribution in [0.3, 0.4) is 0 Å². The molecule has 1 fully saturated rings. The Morgan fingerprint density at radius 3 is 2.76 bits per heavy atom. The highest BCUT2D eigenvalue weighted by atomic mass is 16.5. The van der Waals surface area contributed by atoms with Crippen LogP contribution in [0.5, 0.6) is 0 Å². The maximum atomic E-state index is 12.9. The van der Waals surface area contributed by atoms with Crippen molar-refractivity contribution in [3.8, 4) is 6.07 Å². The van der Waals surface area contributed by atoms with Gasteiger partial charge in [-0.1, -0.05) is 17.7 Å². The molecule has 1 aromatic heterocycles. The molecule has 0 radical (unpaired) electrons. The van der Waals surface area contributed by atoms with Crippen molar-refractivity contribution in [3.05, 3.63) is 69.8 Å². The fourth-order valence-corrected chi connectivity index (χ4v) is 3.32. The molecule has 2 aromatic carbocycles. The number of aliphatic hydroxyl groups is 1. The minimum atomic E-state index is -1.44. The normalized spacial score (nSPS) is 17.9. The molecule has 1 aliphatic rings. The first-order valence-electron chi connectivity index (χ1n) is 9.10. The van der Waals surface area contributed by atoms with Crippen LogP contribution in [0.1, 0.15) is 23.1 Å². The van der Waals surface area contributed by atoms with Crippen LogP contribution in [0.2, 0.25) is 0 Å². The number of aromatic amines is 1. The van der Waals surface area contributed by atoms with Gasteiger partial charge in [0.15, 0.2) is 6.10 Å². The predicted octanol–water partition coefficient (Wildman–Crippen LogP) is 1.57. The number of ether oxygens (including phenoxy) is 1. The number of amides is 1. The Kier molecular flexibility index (Phi) is 4.84. The van der Waals surface area contributed by atoms with Gasteiger partial charge in [0.2, 0.25) is 0 Å². The molecule has 3 aromatic rings. The molecule has 8 heteroatoms. The van der Waals surface area contributed by atoms with Crippen LogP contribution in [-0.4, -0.2) is 40.2 Å². The number of nitrogens with zero attached hydrogens (tertiary/aromatic N) is 3. The van der Waals surface area contributed by atoms with Gasteiger partial charge < -0.3 is 19.7 Å². The van der Waals surface area contributed by atoms with Crippen LogP contribution >= 0.6 is 0 Å². The molecule has 0 saturated carbocycles. The van der Waals surface area contributed by atoms with E-state index >= 15 is 0 Å². The number of aliphatic hydroxyl groups excluding tert-OH is 1. The van der Waals surface area contributed by atoms with Gasteiger partial charge in [0, 0.05) is 12.2 Å². The second-order valence-corrected chi connectivity index (χ2v) is 6.86. The largest absolute Gasteiger partial charge is 0.382 e. The molecule has 8 nitrogen and oxygen atoms in total. The molecule has 4 rings (SSSR count). The van der Waals surface area contributed by atoms with Crippen molar-refractivity contribution in [2.75, 3.05) is 18.1 Å². The molecule has 1 amide bonds. The number of rotatable bonds is 3. The first-order chi connectivity index (χ1) is 14.0. The number of anilines is 1. The van der Waals surface area contributed by atoms with Crippen LogP contribution in [0.25, 0.3) is 10.9 Å². The number of aromatic nitrogens is 2. The molecule has 0 bridgehead atoms. The van der Waals surface area contributed by atoms with E-state index in [1.165, 1.54) is 18.2 Å². The number of benzene rings is 2. The Morgan fingerprint density at radius 2 is 2.03 bits per heavy atom. The number of nitriles is 1. The van der Waals surface area contributed by atoms with Gasteiger partial charge in [-0.05, 0) is 37.3 Å². The summed E-state index contributed by atoms with van der Waals surface area (Å²) in [5.74, 6) is -0.466. The van der Waals surface area contributed by atoms with Crippen molar-refractivity contribution in [3.63, 3.8) is 0 Å². The number of nitrogens with one attached hydrogen (secondary N) is 1. The number of hydrogen-bond acceptors (Lipinski definition) is 6. The lowest BCUT2D eigenvalue weighted by Crippen LogP contribution is -2.50. The van der Waals surface area contributed by atoms with Crippen LogP contribution in [0.4, 0.5) is 5.69 Å². The number of carbonyl (C=O) groups is 1. The highest BCUT2D eigenvalue weighted by Crippen LogP contribution is 2.25. The smallest absolute Gasteiger partial charge is 0.259 e. The predicted molar refractivity (Wildman–Crippen MR) is 105 cm³/mol. The summed E-state index contributed by atoms with van der Waals surface area (Å²) >= 11 is 0. The summed E-state index contributed by atoms with van der Waals surface area (Å²) in [6.07, 6.45) is -2.63. The molecular formula is C21H18N4O4. The van der Waals surface area contributed by atoms with E-state index in [2.05, 4.69) is 9.97 Å². The number of fused-ring (bicyclic) bond motifs is 1. The SMILES string of the molecule is Cc1ccc(N2CCOC(C(O)c3nc4ccc(C#N)cc4c(=O)[nH]3)C2=O)cc1. The Balaban J connectivity index is 1.65. The molecule has 0 spiro atoms. The average Bonchev–Trinajstić information content (AvgIpc) is 2.74. The maximum Gasteiger partial charge on any atom is 0.259 e. The highest BCUT2D eigenvalue weighted by molar-refractivity contribution is 5.97. The van der Waals surface area contributed by atoms with Crippen LogP contribution in [0, 0.1) is 18.3 Å². The van der Waals surface area contributed by atoms with E-state index in [0.29, 0.717) is 23.3 Å². The molecule has 2 atom stereocenters. The number of aryl methyl sites for hydroxylation is 1. The minimum Gasteiger partial charge on any atom is -0.382 e. The van der Waals surface area contributed by atoms with E-state index in [0.717, 1.165) is 5.56 Å². The van der Waals surface area contributed by atoms with E-state index in [4.69, 9.17) is 10.00 Å². The van der Waals surface area contributed by atoms with Crippen LogP contribution < -0.4 is 10.5 Å². The van der Waals surface area contributed by atoms with E-state index in [-0.39, 0.29) is 17.8 Å². The van der Waals surface area contributed by atoms with E-state index in [1.807, 2.05) is 37.3 Å². The van der Waals surface area contributed by atoms with E-state index < -0.39 is 23.7 Å². The van der Waals surface area contributed by atoms with Crippen LogP contribution in [-0.2, 0) is 9.53 Å². The lowest BCUT2D eigenvalue weighted by molar-refractivity contribution is -0.143. The highest BCUT2D eigenvalue weighted by Gasteiger charge is 2.37. The van der Waals surface area contributed by atoms with E-state index in [1.54, 1.807) is 4.90 Å². The van der Waals surface area contributed by atoms with Gasteiger partial charge in [0.25, 0.3) is 11.5 Å². The number of morpholine rings is 1. The molecule has 2 N–H and O–H groups in total. The summed E-state index contributed by atoms with van der Waals surface area (Å²) in [6.45, 7) is 2.56. The molecular weight excluding hydrogens is 372 g/mol. The van der Waals surface area contributed by atoms with Gasteiger partial charge in [-0.2, -0.15) is 5.26 Å². The third kappa shape index (κ3) is 3.49. The van der Waals surface area contributed by atoms with Crippen molar-refractivity contribution >= 4 is 22.5 Å². The molecule has 0 aliphatic carbocycles. The fraction of sp³-hybridized carbons (Fsp3) is 0.238. The summed E-state index contributed by atoms with van der Waals surface area (Å²) in [6, 6.07) is 13.9. The van der Waals surface area contributed by atoms with Crippen molar-refractivity contribution in [2.45, 2.75) is 19.1 Å². The van der Waals surface area contributed by atoms with Crippen molar-refractivity contribution in [2.24, 2.45) is 0 Å². The standard InChI is InChI=1S/C21H18N4O4/c1-12-2-5-14(6-3-12)25-8-9-29-18(21(25)28)17(26)19-23-16-7-4-13(11-22)10-15(16)20(27)24-19/h2-7,10,17-18,26H,8-9H2,1H3,(H,23,24,27).